The van der Waals surface area contributed by atoms with Crippen LogP contribution in [0, 0.1) is 0 Å². The molecule has 1 fully saturated rings. The monoisotopic (exact) mass is 211 g/mol. The van der Waals surface area contributed by atoms with E-state index >= 15 is 0 Å². The maximum atomic E-state index is 11.6. The van der Waals surface area contributed by atoms with Crippen LogP contribution in [0.4, 0.5) is 0 Å². The molecule has 0 saturated carbocycles. The molecule has 2 unspecified atom stereocenters. The molecule has 2 N–H and O–H groups in total. The van der Waals surface area contributed by atoms with Gasteiger partial charge in [-0.05, 0) is 0 Å². The summed E-state index contributed by atoms with van der Waals surface area (Å²) in [5.41, 5.74) is 0. The smallest absolute Gasteiger partial charge is 0.290 e. The lowest BCUT2D eigenvalue weighted by atomic mass is 10.2. The fourth-order valence-corrected chi connectivity index (χ4v) is 1.62. The van der Waals surface area contributed by atoms with Gasteiger partial charge in [-0.15, -0.1) is 0 Å². The van der Waals surface area contributed by atoms with Gasteiger partial charge < -0.3 is 19.9 Å². The van der Waals surface area contributed by atoms with Crippen molar-refractivity contribution in [1.82, 2.24) is 15.8 Å². The Morgan fingerprint density at radius 2 is 2.60 bits per heavy atom. The summed E-state index contributed by atoms with van der Waals surface area (Å²) in [6, 6.07) is 1.51. The van der Waals surface area contributed by atoms with Crippen LogP contribution < -0.4 is 10.6 Å². The summed E-state index contributed by atoms with van der Waals surface area (Å²) < 4.78 is 9.97. The second-order valence-electron chi connectivity index (χ2n) is 3.39. The van der Waals surface area contributed by atoms with E-state index < -0.39 is 0 Å². The molecule has 1 aromatic rings. The normalized spacial score (nSPS) is 25.4. The number of nitrogens with one attached hydrogen (secondary N) is 2. The number of amides is 1. The zero-order valence-corrected chi connectivity index (χ0v) is 8.40. The largest absolute Gasteiger partial charge is 0.378 e. The van der Waals surface area contributed by atoms with Gasteiger partial charge in [-0.3, -0.25) is 4.79 Å². The van der Waals surface area contributed by atoms with Crippen molar-refractivity contribution in [2.75, 3.05) is 20.2 Å². The van der Waals surface area contributed by atoms with Crippen LogP contribution in [0.1, 0.15) is 10.6 Å². The fraction of sp³-hybridized carbons (Fsp3) is 0.556. The summed E-state index contributed by atoms with van der Waals surface area (Å²) in [5.74, 6) is -0.0417. The first-order chi connectivity index (χ1) is 7.31. The fourth-order valence-electron chi connectivity index (χ4n) is 1.62. The van der Waals surface area contributed by atoms with Gasteiger partial charge in [0, 0.05) is 26.3 Å². The summed E-state index contributed by atoms with van der Waals surface area (Å²) in [6.07, 6.45) is 1.45. The highest BCUT2D eigenvalue weighted by Crippen LogP contribution is 2.05. The molecule has 0 aromatic carbocycles. The molecule has 6 nitrogen and oxygen atoms in total. The number of nitrogens with zero attached hydrogens (tertiary/aromatic N) is 1. The third-order valence-corrected chi connectivity index (χ3v) is 2.44. The van der Waals surface area contributed by atoms with E-state index in [4.69, 9.17) is 9.26 Å². The predicted molar refractivity (Wildman–Crippen MR) is 51.4 cm³/mol. The Labute approximate surface area is 87.0 Å². The van der Waals surface area contributed by atoms with Crippen molar-refractivity contribution in [3.05, 3.63) is 18.0 Å². The van der Waals surface area contributed by atoms with E-state index in [-0.39, 0.29) is 23.8 Å². The number of hydrogen-bond donors (Lipinski definition) is 2. The Kier molecular flexibility index (Phi) is 2.98. The Bertz CT molecular complexity index is 325. The van der Waals surface area contributed by atoms with Gasteiger partial charge in [-0.2, -0.15) is 0 Å². The number of ether oxygens (including phenoxy) is 1. The van der Waals surface area contributed by atoms with Gasteiger partial charge in [0.1, 0.15) is 0 Å². The summed E-state index contributed by atoms with van der Waals surface area (Å²) >= 11 is 0. The average Bonchev–Trinajstić information content (AvgIpc) is 2.87. The van der Waals surface area contributed by atoms with Crippen LogP contribution in [-0.4, -0.2) is 43.4 Å². The Morgan fingerprint density at radius 3 is 3.27 bits per heavy atom. The number of carbonyl (C=O) groups is 1. The van der Waals surface area contributed by atoms with Crippen molar-refractivity contribution in [3.63, 3.8) is 0 Å². The van der Waals surface area contributed by atoms with Crippen LogP contribution in [0.3, 0.4) is 0 Å². The third kappa shape index (κ3) is 2.16. The molecule has 0 bridgehead atoms. The van der Waals surface area contributed by atoms with E-state index in [2.05, 4.69) is 15.8 Å². The molecule has 0 radical (unpaired) electrons. The van der Waals surface area contributed by atoms with Gasteiger partial charge in [0.15, 0.2) is 0 Å². The summed E-state index contributed by atoms with van der Waals surface area (Å²) in [4.78, 5) is 11.6. The molecule has 1 amide bonds. The Balaban J connectivity index is 1.94. The van der Waals surface area contributed by atoms with Gasteiger partial charge >= 0.3 is 0 Å². The SMILES string of the molecule is COC1CNCC1NC(=O)c1ccno1. The van der Waals surface area contributed by atoms with Crippen LogP contribution >= 0.6 is 0 Å². The number of aromatic nitrogens is 1. The summed E-state index contributed by atoms with van der Waals surface area (Å²) in [5, 5.41) is 9.43. The highest BCUT2D eigenvalue weighted by molar-refractivity contribution is 5.91. The molecule has 1 aromatic heterocycles. The van der Waals surface area contributed by atoms with Gasteiger partial charge in [0.25, 0.3) is 5.91 Å². The number of methoxy groups -OCH3 is 1. The number of carbonyl (C=O) groups excluding carboxylic acids is 1. The third-order valence-electron chi connectivity index (χ3n) is 2.44. The van der Waals surface area contributed by atoms with Crippen molar-refractivity contribution in [2.24, 2.45) is 0 Å². The van der Waals surface area contributed by atoms with E-state index in [0.29, 0.717) is 6.54 Å². The first kappa shape index (κ1) is 10.1. The lowest BCUT2D eigenvalue weighted by Gasteiger charge is -2.17. The van der Waals surface area contributed by atoms with Crippen LogP contribution in [0.15, 0.2) is 16.8 Å². The maximum absolute atomic E-state index is 11.6. The summed E-state index contributed by atoms with van der Waals surface area (Å²) in [6.45, 7) is 1.45. The first-order valence-corrected chi connectivity index (χ1v) is 4.76. The zero-order valence-electron chi connectivity index (χ0n) is 8.40. The molecule has 2 heterocycles. The minimum atomic E-state index is -0.261. The summed E-state index contributed by atoms with van der Waals surface area (Å²) in [7, 11) is 1.63. The zero-order chi connectivity index (χ0) is 10.7. The van der Waals surface area contributed by atoms with Crippen LogP contribution in [-0.2, 0) is 4.74 Å². The highest BCUT2D eigenvalue weighted by atomic mass is 16.5. The molecule has 6 heteroatoms. The Morgan fingerprint density at radius 1 is 1.73 bits per heavy atom. The van der Waals surface area contributed by atoms with Crippen molar-refractivity contribution in [1.29, 1.82) is 0 Å². The number of rotatable bonds is 3. The molecular formula is C9H13N3O3. The Hall–Kier alpha value is -1.40. The second kappa shape index (κ2) is 4.41. The molecule has 82 valence electrons. The molecule has 2 rings (SSSR count). The molecule has 1 aliphatic rings. The first-order valence-electron chi connectivity index (χ1n) is 4.76. The van der Waals surface area contributed by atoms with Crippen molar-refractivity contribution < 1.29 is 14.1 Å². The average molecular weight is 211 g/mol. The molecular weight excluding hydrogens is 198 g/mol. The van der Waals surface area contributed by atoms with Gasteiger partial charge in [-0.25, -0.2) is 0 Å². The van der Waals surface area contributed by atoms with Crippen molar-refractivity contribution in [3.8, 4) is 0 Å². The quantitative estimate of drug-likeness (QED) is 0.697. The molecule has 15 heavy (non-hydrogen) atoms. The van der Waals surface area contributed by atoms with Gasteiger partial charge in [-0.1, -0.05) is 5.16 Å². The van der Waals surface area contributed by atoms with Crippen molar-refractivity contribution >= 4 is 5.91 Å². The standard InChI is InChI=1S/C9H13N3O3/c1-14-8-5-10-4-6(8)12-9(13)7-2-3-11-15-7/h2-3,6,8,10H,4-5H2,1H3,(H,12,13). The lowest BCUT2D eigenvalue weighted by molar-refractivity contribution is 0.0754. The highest BCUT2D eigenvalue weighted by Gasteiger charge is 2.29. The minimum absolute atomic E-state index is 0.0110. The van der Waals surface area contributed by atoms with Crippen LogP contribution in [0.2, 0.25) is 0 Å². The lowest BCUT2D eigenvalue weighted by Crippen LogP contribution is -2.43. The second-order valence-corrected chi connectivity index (χ2v) is 3.39. The van der Waals surface area contributed by atoms with E-state index in [9.17, 15) is 4.79 Å². The van der Waals surface area contributed by atoms with E-state index in [1.807, 2.05) is 0 Å². The van der Waals surface area contributed by atoms with E-state index in [1.54, 1.807) is 7.11 Å². The van der Waals surface area contributed by atoms with Gasteiger partial charge in [0.2, 0.25) is 5.76 Å². The van der Waals surface area contributed by atoms with Gasteiger partial charge in [0.05, 0.1) is 18.3 Å². The molecule has 0 spiro atoms. The van der Waals surface area contributed by atoms with E-state index in [0.717, 1.165) is 6.54 Å². The predicted octanol–water partition coefficient (Wildman–Crippen LogP) is -0.609. The van der Waals surface area contributed by atoms with Crippen LogP contribution in [0.25, 0.3) is 0 Å². The minimum Gasteiger partial charge on any atom is -0.378 e. The molecule has 1 aliphatic heterocycles. The molecule has 2 atom stereocenters. The van der Waals surface area contributed by atoms with Crippen LogP contribution in [0.5, 0.6) is 0 Å². The van der Waals surface area contributed by atoms with E-state index in [1.165, 1.54) is 12.3 Å². The molecule has 1 saturated heterocycles. The molecule has 0 aliphatic carbocycles. The van der Waals surface area contributed by atoms with Crippen molar-refractivity contribution in [2.45, 2.75) is 12.1 Å². The number of hydrogen-bond acceptors (Lipinski definition) is 5. The maximum Gasteiger partial charge on any atom is 0.290 e. The topological polar surface area (TPSA) is 76.4 Å².